The fourth-order valence-electron chi connectivity index (χ4n) is 8.97. The maximum Gasteiger partial charge on any atom is 0.160 e. The van der Waals surface area contributed by atoms with Gasteiger partial charge in [0.05, 0.1) is 11.4 Å². The van der Waals surface area contributed by atoms with Gasteiger partial charge in [-0.05, 0) is 79.2 Å². The van der Waals surface area contributed by atoms with Crippen molar-refractivity contribution < 1.29 is 0 Å². The van der Waals surface area contributed by atoms with E-state index in [4.69, 9.17) is 9.97 Å². The highest BCUT2D eigenvalue weighted by molar-refractivity contribution is 7.25. The molecule has 10 aromatic rings. The fourth-order valence-corrected chi connectivity index (χ4v) is 10.1. The molecule has 1 aliphatic rings. The molecule has 0 radical (unpaired) electrons. The molecule has 2 nitrogen and oxygen atoms in total. The molecule has 54 heavy (non-hydrogen) atoms. The van der Waals surface area contributed by atoms with Gasteiger partial charge in [-0.15, -0.1) is 11.3 Å². The SMILES string of the molecule is CC1(C)c2ccc3ccccc3c2-c2cccc(-c3ccc(-c4cc(-c5ccc6sc7ccccc7c6c5)nc(-c5ccccc5)n4)c4ccccc34)c21. The van der Waals surface area contributed by atoms with E-state index < -0.39 is 0 Å². The van der Waals surface area contributed by atoms with Gasteiger partial charge in [0.1, 0.15) is 0 Å². The normalized spacial score (nSPS) is 13.1. The minimum atomic E-state index is -0.161. The van der Waals surface area contributed by atoms with Crippen molar-refractivity contribution in [2.24, 2.45) is 0 Å². The summed E-state index contributed by atoms with van der Waals surface area (Å²) in [5, 5.41) is 7.53. The van der Waals surface area contributed by atoms with Gasteiger partial charge in [-0.3, -0.25) is 0 Å². The summed E-state index contributed by atoms with van der Waals surface area (Å²) in [6.07, 6.45) is 0. The van der Waals surface area contributed by atoms with Gasteiger partial charge in [-0.1, -0.05) is 159 Å². The van der Waals surface area contributed by atoms with Crippen molar-refractivity contribution >= 4 is 53.1 Å². The van der Waals surface area contributed by atoms with Crippen LogP contribution < -0.4 is 0 Å². The lowest BCUT2D eigenvalue weighted by Gasteiger charge is -2.25. The quantitative estimate of drug-likeness (QED) is 0.182. The van der Waals surface area contributed by atoms with Crippen LogP contribution in [0, 0.1) is 0 Å². The Balaban J connectivity index is 1.11. The van der Waals surface area contributed by atoms with Crippen LogP contribution in [0.3, 0.4) is 0 Å². The highest BCUT2D eigenvalue weighted by atomic mass is 32.1. The molecule has 0 saturated carbocycles. The molecule has 3 heteroatoms. The molecule has 0 spiro atoms. The number of hydrogen-bond acceptors (Lipinski definition) is 3. The first-order chi connectivity index (χ1) is 26.5. The summed E-state index contributed by atoms with van der Waals surface area (Å²) in [6.45, 7) is 4.77. The third-order valence-electron chi connectivity index (χ3n) is 11.5. The Hall–Kier alpha value is -6.42. The number of rotatable bonds is 4. The monoisotopic (exact) mass is 706 g/mol. The third kappa shape index (κ3) is 4.65. The van der Waals surface area contributed by atoms with Crippen molar-refractivity contribution in [3.63, 3.8) is 0 Å². The Morgan fingerprint density at radius 2 is 1.09 bits per heavy atom. The molecule has 1 aliphatic carbocycles. The predicted molar refractivity (Wildman–Crippen MR) is 229 cm³/mol. The molecular formula is C51H34N2S. The molecule has 2 heterocycles. The molecule has 0 aliphatic heterocycles. The molecule has 0 amide bonds. The molecule has 0 unspecified atom stereocenters. The largest absolute Gasteiger partial charge is 0.228 e. The Bertz CT molecular complexity index is 3130. The van der Waals surface area contributed by atoms with Gasteiger partial charge in [-0.2, -0.15) is 0 Å². The van der Waals surface area contributed by atoms with E-state index >= 15 is 0 Å². The summed E-state index contributed by atoms with van der Waals surface area (Å²) in [6, 6.07) is 61.6. The van der Waals surface area contributed by atoms with Crippen molar-refractivity contribution in [1.82, 2.24) is 9.97 Å². The average Bonchev–Trinajstić information content (AvgIpc) is 3.72. The topological polar surface area (TPSA) is 25.8 Å². The van der Waals surface area contributed by atoms with E-state index in [0.717, 1.165) is 33.9 Å². The molecule has 0 N–H and O–H groups in total. The highest BCUT2D eigenvalue weighted by Crippen LogP contribution is 2.55. The van der Waals surface area contributed by atoms with Crippen molar-refractivity contribution in [2.45, 2.75) is 19.3 Å². The van der Waals surface area contributed by atoms with Crippen molar-refractivity contribution in [3.8, 4) is 56.2 Å². The van der Waals surface area contributed by atoms with E-state index in [-0.39, 0.29) is 5.41 Å². The smallest absolute Gasteiger partial charge is 0.160 e. The summed E-state index contributed by atoms with van der Waals surface area (Å²) < 4.78 is 2.58. The number of nitrogens with zero attached hydrogens (tertiary/aromatic N) is 2. The van der Waals surface area contributed by atoms with Crippen molar-refractivity contribution in [2.75, 3.05) is 0 Å². The lowest BCUT2D eigenvalue weighted by Crippen LogP contribution is -2.16. The van der Waals surface area contributed by atoms with Gasteiger partial charge in [-0.25, -0.2) is 9.97 Å². The summed E-state index contributed by atoms with van der Waals surface area (Å²) in [5.41, 5.74) is 12.8. The van der Waals surface area contributed by atoms with Crippen LogP contribution in [0.1, 0.15) is 25.0 Å². The second-order valence-electron chi connectivity index (χ2n) is 14.9. The Labute approximate surface area is 318 Å². The average molecular weight is 707 g/mol. The lowest BCUT2D eigenvalue weighted by atomic mass is 9.78. The fraction of sp³-hybridized carbons (Fsp3) is 0.0588. The van der Waals surface area contributed by atoms with E-state index in [9.17, 15) is 0 Å². The number of hydrogen-bond donors (Lipinski definition) is 0. The zero-order valence-corrected chi connectivity index (χ0v) is 30.8. The second kappa shape index (κ2) is 11.8. The minimum Gasteiger partial charge on any atom is -0.228 e. The van der Waals surface area contributed by atoms with Crippen LogP contribution in [0.25, 0.3) is 97.9 Å². The van der Waals surface area contributed by atoms with Crippen molar-refractivity contribution in [3.05, 3.63) is 181 Å². The number of fused-ring (bicyclic) bond motifs is 9. The van der Waals surface area contributed by atoms with E-state index in [1.54, 1.807) is 0 Å². The number of benzene rings is 8. The zero-order valence-electron chi connectivity index (χ0n) is 30.0. The molecule has 8 aromatic carbocycles. The van der Waals surface area contributed by atoms with Crippen LogP contribution in [0.5, 0.6) is 0 Å². The van der Waals surface area contributed by atoms with Gasteiger partial charge in [0.2, 0.25) is 0 Å². The first kappa shape index (κ1) is 31.1. The van der Waals surface area contributed by atoms with Gasteiger partial charge in [0, 0.05) is 42.3 Å². The van der Waals surface area contributed by atoms with Crippen LogP contribution in [0.15, 0.2) is 170 Å². The number of thiophene rings is 1. The Morgan fingerprint density at radius 1 is 0.426 bits per heavy atom. The standard InChI is InChI=1S/C51H34N2S/c1-51(2)43-27-23-31-13-6-7-16-34(31)48(43)41-21-12-20-40(49(41)51)37-25-26-38(36-18-9-8-17-35(36)37)45-30-44(52-50(53-45)32-14-4-3-5-15-32)33-24-28-47-42(29-33)39-19-10-11-22-46(39)54-47/h3-30H,1-2H3. The summed E-state index contributed by atoms with van der Waals surface area (Å²) in [7, 11) is 0. The van der Waals surface area contributed by atoms with Crippen LogP contribution >= 0.6 is 11.3 Å². The summed E-state index contributed by atoms with van der Waals surface area (Å²) in [5.74, 6) is 0.721. The molecular weight excluding hydrogens is 673 g/mol. The third-order valence-corrected chi connectivity index (χ3v) is 12.6. The molecule has 2 aromatic heterocycles. The van der Waals surface area contributed by atoms with E-state index in [2.05, 4.69) is 178 Å². The Kier molecular flexibility index (Phi) is 6.80. The molecule has 254 valence electrons. The molecule has 0 fully saturated rings. The molecule has 11 rings (SSSR count). The van der Waals surface area contributed by atoms with Gasteiger partial charge < -0.3 is 0 Å². The summed E-state index contributed by atoms with van der Waals surface area (Å²) in [4.78, 5) is 10.5. The Morgan fingerprint density at radius 3 is 1.94 bits per heavy atom. The van der Waals surface area contributed by atoms with Gasteiger partial charge in [0.15, 0.2) is 5.82 Å². The first-order valence-corrected chi connectivity index (χ1v) is 19.4. The van der Waals surface area contributed by atoms with Crippen LogP contribution in [-0.2, 0) is 5.41 Å². The maximum absolute atomic E-state index is 5.28. The number of aromatic nitrogens is 2. The van der Waals surface area contributed by atoms with E-state index in [1.165, 1.54) is 75.1 Å². The minimum absolute atomic E-state index is 0.161. The van der Waals surface area contributed by atoms with Gasteiger partial charge in [0.25, 0.3) is 0 Å². The van der Waals surface area contributed by atoms with E-state index in [1.807, 2.05) is 17.4 Å². The summed E-state index contributed by atoms with van der Waals surface area (Å²) >= 11 is 1.84. The molecule has 0 saturated heterocycles. The predicted octanol–water partition coefficient (Wildman–Crippen LogP) is 14.1. The van der Waals surface area contributed by atoms with Gasteiger partial charge >= 0.3 is 0 Å². The highest BCUT2D eigenvalue weighted by Gasteiger charge is 2.38. The lowest BCUT2D eigenvalue weighted by molar-refractivity contribution is 0.662. The molecule has 0 bridgehead atoms. The maximum atomic E-state index is 5.28. The second-order valence-corrected chi connectivity index (χ2v) is 16.0. The van der Waals surface area contributed by atoms with Crippen molar-refractivity contribution in [1.29, 1.82) is 0 Å². The molecule has 0 atom stereocenters. The van der Waals surface area contributed by atoms with Crippen LogP contribution in [-0.4, -0.2) is 9.97 Å². The van der Waals surface area contributed by atoms with Crippen LogP contribution in [0.2, 0.25) is 0 Å². The van der Waals surface area contributed by atoms with Crippen LogP contribution in [0.4, 0.5) is 0 Å². The van der Waals surface area contributed by atoms with E-state index in [0.29, 0.717) is 0 Å². The first-order valence-electron chi connectivity index (χ1n) is 18.6. The zero-order chi connectivity index (χ0) is 36.0.